The van der Waals surface area contributed by atoms with Crippen molar-refractivity contribution in [3.05, 3.63) is 64.1 Å². The molecule has 2 aromatic rings. The first kappa shape index (κ1) is 14.0. The molecule has 0 atom stereocenters. The number of fused-ring (bicyclic) bond motifs is 1. The molecule has 0 N–H and O–H groups in total. The number of hydrogen-bond donors (Lipinski definition) is 0. The van der Waals surface area contributed by atoms with Crippen LogP contribution in [-0.2, 0) is 10.0 Å². The Morgan fingerprint density at radius 1 is 1.00 bits per heavy atom. The Kier molecular flexibility index (Phi) is 3.18. The smallest absolute Gasteiger partial charge is 0.267 e. The molecule has 0 fully saturated rings. The highest BCUT2D eigenvalue weighted by Crippen LogP contribution is 2.32. The van der Waals surface area contributed by atoms with E-state index in [4.69, 9.17) is 0 Å². The van der Waals surface area contributed by atoms with Crippen LogP contribution in [0.3, 0.4) is 0 Å². The molecule has 5 nitrogen and oxygen atoms in total. The Bertz CT molecular complexity index is 876. The van der Waals surface area contributed by atoms with E-state index < -0.39 is 21.8 Å². The summed E-state index contributed by atoms with van der Waals surface area (Å²) in [6.45, 7) is 0. The van der Waals surface area contributed by atoms with Crippen LogP contribution in [0.25, 0.3) is 0 Å². The van der Waals surface area contributed by atoms with Gasteiger partial charge in [0.1, 0.15) is 4.90 Å². The summed E-state index contributed by atoms with van der Waals surface area (Å²) < 4.78 is 25.5. The third kappa shape index (κ3) is 2.00. The van der Waals surface area contributed by atoms with Gasteiger partial charge in [0.15, 0.2) is 0 Å². The van der Waals surface area contributed by atoms with Crippen molar-refractivity contribution in [2.45, 2.75) is 4.90 Å². The van der Waals surface area contributed by atoms with Crippen LogP contribution in [0.4, 0.5) is 0 Å². The van der Waals surface area contributed by atoms with Crippen molar-refractivity contribution in [1.82, 2.24) is 4.31 Å². The average molecular weight is 366 g/mol. The van der Waals surface area contributed by atoms with E-state index in [1.165, 1.54) is 24.3 Å². The van der Waals surface area contributed by atoms with Crippen molar-refractivity contribution >= 4 is 37.8 Å². The number of hydrogen-bond acceptors (Lipinski definition) is 4. The lowest BCUT2D eigenvalue weighted by Crippen LogP contribution is -2.36. The summed E-state index contributed by atoms with van der Waals surface area (Å²) in [7, 11) is -4.15. The molecule has 0 spiro atoms. The third-order valence-corrected chi connectivity index (χ3v) is 5.52. The Labute approximate surface area is 129 Å². The Balaban J connectivity index is 2.16. The van der Waals surface area contributed by atoms with Gasteiger partial charge in [-0.3, -0.25) is 9.59 Å². The van der Waals surface area contributed by atoms with Crippen molar-refractivity contribution in [2.24, 2.45) is 0 Å². The Morgan fingerprint density at radius 3 is 2.29 bits per heavy atom. The molecule has 1 aliphatic heterocycles. The van der Waals surface area contributed by atoms with E-state index in [0.717, 1.165) is 0 Å². The van der Waals surface area contributed by atoms with Crippen LogP contribution >= 0.6 is 15.9 Å². The fraction of sp³-hybridized carbons (Fsp3) is 0. The molecule has 106 valence electrons. The van der Waals surface area contributed by atoms with Crippen molar-refractivity contribution in [1.29, 1.82) is 0 Å². The number of amides is 2. The standard InChI is InChI=1S/C14H8BrNO4S/c15-11-7-3-1-5-9(11)13(17)16-14(18)10-6-2-4-8-12(10)21(16,19)20/h1-8H. The number of carbonyl (C=O) groups is 2. The molecule has 0 radical (unpaired) electrons. The number of benzene rings is 2. The summed E-state index contributed by atoms with van der Waals surface area (Å²) in [5, 5.41) is 0. The monoisotopic (exact) mass is 365 g/mol. The third-order valence-electron chi connectivity index (χ3n) is 3.11. The van der Waals surface area contributed by atoms with Crippen LogP contribution in [0.15, 0.2) is 57.9 Å². The second kappa shape index (κ2) is 4.78. The van der Waals surface area contributed by atoms with Crippen LogP contribution in [0, 0.1) is 0 Å². The van der Waals surface area contributed by atoms with Gasteiger partial charge in [0.05, 0.1) is 11.1 Å². The van der Waals surface area contributed by atoms with Gasteiger partial charge in [-0.2, -0.15) is 4.31 Å². The van der Waals surface area contributed by atoms with Crippen LogP contribution in [0.5, 0.6) is 0 Å². The zero-order valence-corrected chi connectivity index (χ0v) is 12.9. The van der Waals surface area contributed by atoms with Gasteiger partial charge in [-0.05, 0) is 40.2 Å². The summed E-state index contributed by atoms with van der Waals surface area (Å²) in [5.74, 6) is -1.70. The molecule has 0 unspecified atom stereocenters. The van der Waals surface area contributed by atoms with Gasteiger partial charge < -0.3 is 0 Å². The first-order valence-corrected chi connectivity index (χ1v) is 8.15. The lowest BCUT2D eigenvalue weighted by atomic mass is 10.2. The van der Waals surface area contributed by atoms with Gasteiger partial charge in [0.25, 0.3) is 21.8 Å². The summed E-state index contributed by atoms with van der Waals surface area (Å²) in [6, 6.07) is 12.1. The van der Waals surface area contributed by atoms with Gasteiger partial charge >= 0.3 is 0 Å². The molecule has 0 aliphatic carbocycles. The summed E-state index contributed by atoms with van der Waals surface area (Å²) in [4.78, 5) is 24.6. The van der Waals surface area contributed by atoms with E-state index in [-0.39, 0.29) is 16.0 Å². The number of sulfonamides is 1. The maximum absolute atomic E-state index is 12.5. The Morgan fingerprint density at radius 2 is 1.62 bits per heavy atom. The fourth-order valence-electron chi connectivity index (χ4n) is 2.13. The molecular weight excluding hydrogens is 358 g/mol. The highest BCUT2D eigenvalue weighted by atomic mass is 79.9. The van der Waals surface area contributed by atoms with Crippen molar-refractivity contribution < 1.29 is 18.0 Å². The summed E-state index contributed by atoms with van der Waals surface area (Å²) in [5.41, 5.74) is 0.125. The highest BCUT2D eigenvalue weighted by Gasteiger charge is 2.45. The quantitative estimate of drug-likeness (QED) is 0.727. The van der Waals surface area contributed by atoms with Crippen LogP contribution < -0.4 is 0 Å². The van der Waals surface area contributed by atoms with Crippen LogP contribution in [0.2, 0.25) is 0 Å². The first-order chi connectivity index (χ1) is 9.94. The van der Waals surface area contributed by atoms with Crippen LogP contribution in [-0.4, -0.2) is 24.5 Å². The van der Waals surface area contributed by atoms with E-state index in [0.29, 0.717) is 8.78 Å². The highest BCUT2D eigenvalue weighted by molar-refractivity contribution is 9.10. The van der Waals surface area contributed by atoms with Gasteiger partial charge in [0, 0.05) is 4.47 Å². The minimum Gasteiger partial charge on any atom is -0.267 e. The molecule has 21 heavy (non-hydrogen) atoms. The summed E-state index contributed by atoms with van der Waals surface area (Å²) >= 11 is 3.18. The lowest BCUT2D eigenvalue weighted by molar-refractivity contribution is 0.0739. The molecule has 0 aromatic heterocycles. The minimum absolute atomic E-state index is 0.0119. The zero-order chi connectivity index (χ0) is 15.2. The predicted molar refractivity (Wildman–Crippen MR) is 78.3 cm³/mol. The van der Waals surface area contributed by atoms with Crippen molar-refractivity contribution in [3.8, 4) is 0 Å². The fourth-order valence-corrected chi connectivity index (χ4v) is 4.10. The maximum atomic E-state index is 12.5. The largest absolute Gasteiger partial charge is 0.276 e. The second-order valence-corrected chi connectivity index (χ2v) is 6.97. The molecule has 1 aliphatic rings. The number of imide groups is 1. The average Bonchev–Trinajstić information content (AvgIpc) is 2.67. The number of nitrogens with zero attached hydrogens (tertiary/aromatic N) is 1. The number of halogens is 1. The second-order valence-electron chi connectivity index (χ2n) is 4.36. The normalized spacial score (nSPS) is 15.9. The molecular formula is C14H8BrNO4S. The molecule has 0 saturated carbocycles. The van der Waals surface area contributed by atoms with Crippen molar-refractivity contribution in [2.75, 3.05) is 0 Å². The minimum atomic E-state index is -4.15. The molecule has 0 saturated heterocycles. The van der Waals surface area contributed by atoms with E-state index in [2.05, 4.69) is 15.9 Å². The molecule has 3 rings (SSSR count). The topological polar surface area (TPSA) is 71.5 Å². The van der Waals surface area contributed by atoms with Crippen LogP contribution in [0.1, 0.15) is 20.7 Å². The molecule has 0 bridgehead atoms. The van der Waals surface area contributed by atoms with Gasteiger partial charge in [-0.25, -0.2) is 8.42 Å². The lowest BCUT2D eigenvalue weighted by Gasteiger charge is -2.13. The van der Waals surface area contributed by atoms with Gasteiger partial charge in [-0.15, -0.1) is 0 Å². The summed E-state index contributed by atoms with van der Waals surface area (Å²) in [6.07, 6.45) is 0. The van der Waals surface area contributed by atoms with E-state index in [1.807, 2.05) is 0 Å². The van der Waals surface area contributed by atoms with Gasteiger partial charge in [-0.1, -0.05) is 24.3 Å². The van der Waals surface area contributed by atoms with Gasteiger partial charge in [0.2, 0.25) is 0 Å². The first-order valence-electron chi connectivity index (χ1n) is 5.92. The Hall–Kier alpha value is -1.99. The molecule has 2 amide bonds. The molecule has 2 aromatic carbocycles. The van der Waals surface area contributed by atoms with E-state index >= 15 is 0 Å². The van der Waals surface area contributed by atoms with Crippen molar-refractivity contribution in [3.63, 3.8) is 0 Å². The molecule has 1 heterocycles. The maximum Gasteiger partial charge on any atom is 0.276 e. The van der Waals surface area contributed by atoms with E-state index in [1.54, 1.807) is 24.3 Å². The SMILES string of the molecule is O=C(c1ccccc1Br)N1C(=O)c2ccccc2S1(=O)=O. The number of carbonyl (C=O) groups excluding carboxylic acids is 2. The molecule has 7 heteroatoms. The number of rotatable bonds is 1. The van der Waals surface area contributed by atoms with E-state index in [9.17, 15) is 18.0 Å². The predicted octanol–water partition coefficient (Wildman–Crippen LogP) is 2.43. The zero-order valence-electron chi connectivity index (χ0n) is 10.5.